The van der Waals surface area contributed by atoms with Crippen molar-refractivity contribution in [2.24, 2.45) is 0 Å². The Morgan fingerprint density at radius 3 is 2.61 bits per heavy atom. The summed E-state index contributed by atoms with van der Waals surface area (Å²) < 4.78 is 24.4. The number of nitrogens with one attached hydrogen (secondary N) is 1. The van der Waals surface area contributed by atoms with E-state index in [4.69, 9.17) is 9.47 Å². The minimum Gasteiger partial charge on any atom is -0.484 e. The molecule has 0 aromatic heterocycles. The number of halogens is 2. The molecule has 1 heterocycles. The molecule has 0 saturated carbocycles. The average Bonchev–Trinajstić information content (AvgIpc) is 3.20. The van der Waals surface area contributed by atoms with Crippen molar-refractivity contribution in [1.29, 1.82) is 0 Å². The lowest BCUT2D eigenvalue weighted by atomic mass is 10.3. The maximum atomic E-state index is 13.1. The number of nitrogens with zero attached hydrogens (tertiary/aromatic N) is 1. The van der Waals surface area contributed by atoms with Gasteiger partial charge in [0.15, 0.2) is 13.2 Å². The molecule has 28 heavy (non-hydrogen) atoms. The van der Waals surface area contributed by atoms with E-state index in [1.54, 1.807) is 29.2 Å². The summed E-state index contributed by atoms with van der Waals surface area (Å²) >= 11 is 3.18. The lowest BCUT2D eigenvalue weighted by molar-refractivity contribution is -0.132. The predicted molar refractivity (Wildman–Crippen MR) is 106 cm³/mol. The van der Waals surface area contributed by atoms with Gasteiger partial charge in [0.05, 0.1) is 4.47 Å². The topological polar surface area (TPSA) is 67.9 Å². The second kappa shape index (κ2) is 9.54. The number of anilines is 1. The van der Waals surface area contributed by atoms with Crippen molar-refractivity contribution in [2.45, 2.75) is 12.8 Å². The van der Waals surface area contributed by atoms with Crippen molar-refractivity contribution in [1.82, 2.24) is 4.90 Å². The van der Waals surface area contributed by atoms with Crippen LogP contribution in [0.15, 0.2) is 46.9 Å². The van der Waals surface area contributed by atoms with Crippen molar-refractivity contribution in [2.75, 3.05) is 31.6 Å². The Labute approximate surface area is 170 Å². The minimum atomic E-state index is -0.399. The molecule has 2 aromatic rings. The molecule has 0 unspecified atom stereocenters. The van der Waals surface area contributed by atoms with Crippen molar-refractivity contribution in [3.63, 3.8) is 0 Å². The van der Waals surface area contributed by atoms with Gasteiger partial charge >= 0.3 is 0 Å². The third kappa shape index (κ3) is 5.69. The number of carbonyl (C=O) groups excluding carboxylic acids is 2. The summed E-state index contributed by atoms with van der Waals surface area (Å²) in [5, 5.41) is 2.70. The Kier molecular flexibility index (Phi) is 6.86. The number of amides is 2. The number of likely N-dealkylation sites (tertiary alicyclic amines) is 1. The van der Waals surface area contributed by atoms with E-state index in [1.807, 2.05) is 0 Å². The fourth-order valence-corrected chi connectivity index (χ4v) is 3.26. The van der Waals surface area contributed by atoms with E-state index in [-0.39, 0.29) is 25.0 Å². The summed E-state index contributed by atoms with van der Waals surface area (Å²) in [6.07, 6.45) is 2.06. The molecule has 8 heteroatoms. The third-order valence-electron chi connectivity index (χ3n) is 4.19. The van der Waals surface area contributed by atoms with Gasteiger partial charge in [-0.15, -0.1) is 0 Å². The van der Waals surface area contributed by atoms with Crippen molar-refractivity contribution in [3.05, 3.63) is 52.8 Å². The lowest BCUT2D eigenvalue weighted by Gasteiger charge is -2.16. The Hall–Kier alpha value is -2.61. The van der Waals surface area contributed by atoms with Crippen LogP contribution in [-0.4, -0.2) is 43.0 Å². The van der Waals surface area contributed by atoms with Crippen LogP contribution in [0.25, 0.3) is 0 Å². The zero-order valence-electron chi connectivity index (χ0n) is 15.1. The minimum absolute atomic E-state index is 0.0287. The number of hydrogen-bond acceptors (Lipinski definition) is 4. The molecule has 0 aliphatic carbocycles. The maximum absolute atomic E-state index is 13.1. The SMILES string of the molecule is O=C(COc1ccc(F)cc1Br)Nc1cccc(OCC(=O)N2CCCC2)c1. The van der Waals surface area contributed by atoms with E-state index in [2.05, 4.69) is 21.2 Å². The van der Waals surface area contributed by atoms with Crippen LogP contribution in [0.5, 0.6) is 11.5 Å². The molecule has 0 radical (unpaired) electrons. The number of hydrogen-bond donors (Lipinski definition) is 1. The zero-order valence-corrected chi connectivity index (χ0v) is 16.7. The Balaban J connectivity index is 1.49. The monoisotopic (exact) mass is 450 g/mol. The molecular formula is C20H20BrFN2O4. The van der Waals surface area contributed by atoms with Crippen LogP contribution in [-0.2, 0) is 9.59 Å². The van der Waals surface area contributed by atoms with Crippen LogP contribution in [0.1, 0.15) is 12.8 Å². The number of ether oxygens (including phenoxy) is 2. The molecule has 2 amide bonds. The third-order valence-corrected chi connectivity index (χ3v) is 4.81. The molecule has 1 fully saturated rings. The van der Waals surface area contributed by atoms with E-state index >= 15 is 0 Å². The van der Waals surface area contributed by atoms with Gasteiger partial charge < -0.3 is 19.7 Å². The second-order valence-electron chi connectivity index (χ2n) is 6.32. The maximum Gasteiger partial charge on any atom is 0.262 e. The van der Waals surface area contributed by atoms with Crippen LogP contribution in [0.3, 0.4) is 0 Å². The number of benzene rings is 2. The van der Waals surface area contributed by atoms with Gasteiger partial charge in [-0.25, -0.2) is 4.39 Å². The molecule has 148 valence electrons. The first-order valence-electron chi connectivity index (χ1n) is 8.89. The summed E-state index contributed by atoms with van der Waals surface area (Å²) in [4.78, 5) is 25.9. The van der Waals surface area contributed by atoms with Gasteiger partial charge in [0, 0.05) is 24.8 Å². The Morgan fingerprint density at radius 2 is 1.86 bits per heavy atom. The highest BCUT2D eigenvalue weighted by molar-refractivity contribution is 9.10. The van der Waals surface area contributed by atoms with Gasteiger partial charge in [0.1, 0.15) is 17.3 Å². The fourth-order valence-electron chi connectivity index (χ4n) is 2.80. The highest BCUT2D eigenvalue weighted by Gasteiger charge is 2.18. The predicted octanol–water partition coefficient (Wildman–Crippen LogP) is 3.61. The molecule has 1 N–H and O–H groups in total. The molecular weight excluding hydrogens is 431 g/mol. The Morgan fingerprint density at radius 1 is 1.07 bits per heavy atom. The lowest BCUT2D eigenvalue weighted by Crippen LogP contribution is -2.32. The smallest absolute Gasteiger partial charge is 0.262 e. The molecule has 2 aromatic carbocycles. The molecule has 0 spiro atoms. The van der Waals surface area contributed by atoms with Crippen LogP contribution < -0.4 is 14.8 Å². The first kappa shape index (κ1) is 20.1. The Bertz CT molecular complexity index is 856. The summed E-state index contributed by atoms with van der Waals surface area (Å²) in [6.45, 7) is 1.30. The van der Waals surface area contributed by atoms with Crippen LogP contribution in [0.4, 0.5) is 10.1 Å². The van der Waals surface area contributed by atoms with Crippen molar-refractivity contribution in [3.8, 4) is 11.5 Å². The molecule has 1 aliphatic heterocycles. The normalized spacial score (nSPS) is 13.3. The van der Waals surface area contributed by atoms with E-state index in [1.165, 1.54) is 18.2 Å². The molecule has 1 aliphatic rings. The van der Waals surface area contributed by atoms with Crippen molar-refractivity contribution < 1.29 is 23.5 Å². The van der Waals surface area contributed by atoms with E-state index in [0.717, 1.165) is 25.9 Å². The van der Waals surface area contributed by atoms with Gasteiger partial charge in [-0.2, -0.15) is 0 Å². The highest BCUT2D eigenvalue weighted by Crippen LogP contribution is 2.25. The van der Waals surface area contributed by atoms with E-state index < -0.39 is 5.82 Å². The average molecular weight is 451 g/mol. The number of rotatable bonds is 7. The zero-order chi connectivity index (χ0) is 19.9. The largest absolute Gasteiger partial charge is 0.484 e. The molecule has 0 atom stereocenters. The summed E-state index contributed by atoms with van der Waals surface area (Å²) in [5.74, 6) is 0.0528. The quantitative estimate of drug-likeness (QED) is 0.699. The molecule has 1 saturated heterocycles. The summed E-state index contributed by atoms with van der Waals surface area (Å²) in [5.41, 5.74) is 0.526. The van der Waals surface area contributed by atoms with E-state index in [0.29, 0.717) is 21.7 Å². The first-order valence-corrected chi connectivity index (χ1v) is 9.69. The van der Waals surface area contributed by atoms with Gasteiger partial charge in [-0.05, 0) is 59.1 Å². The first-order chi connectivity index (χ1) is 13.5. The summed E-state index contributed by atoms with van der Waals surface area (Å²) in [7, 11) is 0. The van der Waals surface area contributed by atoms with Gasteiger partial charge in [-0.1, -0.05) is 6.07 Å². The van der Waals surface area contributed by atoms with Crippen LogP contribution in [0.2, 0.25) is 0 Å². The van der Waals surface area contributed by atoms with Crippen molar-refractivity contribution >= 4 is 33.4 Å². The standard InChI is InChI=1S/C20H20BrFN2O4/c21-17-10-14(22)6-7-18(17)28-12-19(25)23-15-4-3-5-16(11-15)27-13-20(26)24-8-1-2-9-24/h3-7,10-11H,1-2,8-9,12-13H2,(H,23,25). The molecule has 6 nitrogen and oxygen atoms in total. The van der Waals surface area contributed by atoms with Crippen LogP contribution in [0, 0.1) is 5.82 Å². The summed E-state index contributed by atoms with van der Waals surface area (Å²) in [6, 6.07) is 10.8. The van der Waals surface area contributed by atoms with Crippen LogP contribution >= 0.6 is 15.9 Å². The van der Waals surface area contributed by atoms with Gasteiger partial charge in [0.2, 0.25) is 0 Å². The molecule has 3 rings (SSSR count). The highest BCUT2D eigenvalue weighted by atomic mass is 79.9. The van der Waals surface area contributed by atoms with Gasteiger partial charge in [0.25, 0.3) is 11.8 Å². The number of carbonyl (C=O) groups is 2. The second-order valence-corrected chi connectivity index (χ2v) is 7.17. The molecule has 0 bridgehead atoms. The van der Waals surface area contributed by atoms with Gasteiger partial charge in [-0.3, -0.25) is 9.59 Å². The fraction of sp³-hybridized carbons (Fsp3) is 0.300. The van der Waals surface area contributed by atoms with E-state index in [9.17, 15) is 14.0 Å².